The molecule has 0 spiro atoms. The number of guanidine groups is 1. The molecule has 0 amide bonds. The van der Waals surface area contributed by atoms with E-state index in [9.17, 15) is 0 Å². The minimum Gasteiger partial charge on any atom is -0.370 e. The molecule has 1 saturated heterocycles. The van der Waals surface area contributed by atoms with Gasteiger partial charge in [-0.15, -0.1) is 0 Å². The van der Waals surface area contributed by atoms with E-state index in [1.807, 2.05) is 12.1 Å². The van der Waals surface area contributed by atoms with Gasteiger partial charge >= 0.3 is 0 Å². The summed E-state index contributed by atoms with van der Waals surface area (Å²) in [5, 5.41) is 0.905. The summed E-state index contributed by atoms with van der Waals surface area (Å²) in [4.78, 5) is 9.02. The normalized spacial score (nSPS) is 19.6. The minimum absolute atomic E-state index is 0.705. The van der Waals surface area contributed by atoms with Crippen LogP contribution in [0.1, 0.15) is 17.5 Å². The molecule has 1 aromatic carbocycles. The van der Waals surface area contributed by atoms with Crippen LogP contribution in [-0.4, -0.2) is 48.5 Å². The molecule has 0 atom stereocenters. The van der Waals surface area contributed by atoms with Gasteiger partial charge in [-0.25, -0.2) is 0 Å². The molecule has 3 rings (SSSR count). The van der Waals surface area contributed by atoms with Crippen LogP contribution in [0.15, 0.2) is 23.2 Å². The molecule has 108 valence electrons. The lowest BCUT2D eigenvalue weighted by atomic mass is 10.00. The number of aliphatic imine (C=N–C) groups is 1. The Labute approximate surface area is 125 Å². The first kappa shape index (κ1) is 13.7. The lowest BCUT2D eigenvalue weighted by Gasteiger charge is -2.32. The van der Waals surface area contributed by atoms with E-state index in [2.05, 4.69) is 20.9 Å². The Hall–Kier alpha value is -1.26. The predicted octanol–water partition coefficient (Wildman–Crippen LogP) is 1.72. The summed E-state index contributed by atoms with van der Waals surface area (Å²) in [6.45, 7) is 5.87. The van der Waals surface area contributed by atoms with Crippen molar-refractivity contribution in [3.8, 4) is 0 Å². The number of likely N-dealkylation sites (tertiary alicyclic amines) is 1. The first-order valence-electron chi connectivity index (χ1n) is 7.27. The van der Waals surface area contributed by atoms with Gasteiger partial charge in [0.05, 0.1) is 6.54 Å². The van der Waals surface area contributed by atoms with Crippen LogP contribution in [0.4, 0.5) is 0 Å². The van der Waals surface area contributed by atoms with Crippen molar-refractivity contribution in [2.45, 2.75) is 19.4 Å². The molecule has 4 nitrogen and oxygen atoms in total. The first-order chi connectivity index (χ1) is 9.74. The van der Waals surface area contributed by atoms with E-state index in [0.29, 0.717) is 5.96 Å². The Balaban J connectivity index is 1.53. The van der Waals surface area contributed by atoms with E-state index in [-0.39, 0.29) is 0 Å². The number of nitrogens with two attached hydrogens (primary N) is 1. The average molecular weight is 293 g/mol. The second-order valence-corrected chi connectivity index (χ2v) is 5.89. The Bertz CT molecular complexity index is 511. The number of benzene rings is 1. The molecule has 0 aliphatic carbocycles. The van der Waals surface area contributed by atoms with Gasteiger partial charge in [-0.05, 0) is 30.0 Å². The highest BCUT2D eigenvalue weighted by Crippen LogP contribution is 2.25. The lowest BCUT2D eigenvalue weighted by molar-refractivity contribution is 0.259. The Kier molecular flexibility index (Phi) is 4.13. The van der Waals surface area contributed by atoms with Gasteiger partial charge in [-0.1, -0.05) is 23.7 Å². The van der Waals surface area contributed by atoms with Crippen molar-refractivity contribution in [1.29, 1.82) is 0 Å². The first-order valence-corrected chi connectivity index (χ1v) is 7.65. The van der Waals surface area contributed by atoms with Crippen LogP contribution in [0, 0.1) is 0 Å². The molecule has 2 aliphatic heterocycles. The monoisotopic (exact) mass is 292 g/mol. The zero-order valence-electron chi connectivity index (χ0n) is 11.7. The standard InChI is InChI=1S/C15H21ClN4/c16-14-4-1-3-12-11-19(9-5-13(12)14)10-6-18-15(17)20-7-2-8-20/h1,3-4H,2,5-11H2,(H2,17,18). The minimum atomic E-state index is 0.705. The Morgan fingerprint density at radius 2 is 2.15 bits per heavy atom. The third-order valence-electron chi connectivity index (χ3n) is 4.16. The van der Waals surface area contributed by atoms with E-state index in [1.54, 1.807) is 0 Å². The molecule has 0 saturated carbocycles. The third-order valence-corrected chi connectivity index (χ3v) is 4.51. The number of hydrogen-bond acceptors (Lipinski definition) is 2. The Morgan fingerprint density at radius 1 is 1.30 bits per heavy atom. The van der Waals surface area contributed by atoms with Crippen LogP contribution < -0.4 is 5.73 Å². The van der Waals surface area contributed by atoms with E-state index < -0.39 is 0 Å². The lowest BCUT2D eigenvalue weighted by Crippen LogP contribution is -2.46. The fraction of sp³-hybridized carbons (Fsp3) is 0.533. The van der Waals surface area contributed by atoms with Gasteiger partial charge in [0.25, 0.3) is 0 Å². The van der Waals surface area contributed by atoms with Crippen molar-refractivity contribution in [2.24, 2.45) is 10.7 Å². The molecular weight excluding hydrogens is 272 g/mol. The van der Waals surface area contributed by atoms with Crippen molar-refractivity contribution in [1.82, 2.24) is 9.80 Å². The van der Waals surface area contributed by atoms with Gasteiger partial charge in [-0.2, -0.15) is 0 Å². The van der Waals surface area contributed by atoms with Crippen molar-refractivity contribution < 1.29 is 0 Å². The summed E-state index contributed by atoms with van der Waals surface area (Å²) in [6.07, 6.45) is 2.26. The molecule has 0 unspecified atom stereocenters. The maximum atomic E-state index is 6.23. The van der Waals surface area contributed by atoms with E-state index in [4.69, 9.17) is 17.3 Å². The quantitative estimate of drug-likeness (QED) is 0.681. The topological polar surface area (TPSA) is 44.9 Å². The molecule has 1 fully saturated rings. The molecule has 0 aromatic heterocycles. The van der Waals surface area contributed by atoms with Crippen molar-refractivity contribution in [3.05, 3.63) is 34.3 Å². The molecule has 5 heteroatoms. The zero-order chi connectivity index (χ0) is 13.9. The molecule has 2 N–H and O–H groups in total. The summed E-state index contributed by atoms with van der Waals surface area (Å²) in [6, 6.07) is 6.18. The van der Waals surface area contributed by atoms with Crippen LogP contribution in [-0.2, 0) is 13.0 Å². The van der Waals surface area contributed by atoms with Crippen molar-refractivity contribution in [2.75, 3.05) is 32.7 Å². The zero-order valence-corrected chi connectivity index (χ0v) is 12.4. The summed E-state index contributed by atoms with van der Waals surface area (Å²) < 4.78 is 0. The molecular formula is C15H21ClN4. The van der Waals surface area contributed by atoms with E-state index in [1.165, 1.54) is 17.5 Å². The van der Waals surface area contributed by atoms with Crippen LogP contribution in [0.3, 0.4) is 0 Å². The van der Waals surface area contributed by atoms with Crippen LogP contribution in [0.5, 0.6) is 0 Å². The Morgan fingerprint density at radius 3 is 2.90 bits per heavy atom. The number of fused-ring (bicyclic) bond motifs is 1. The summed E-state index contributed by atoms with van der Waals surface area (Å²) in [7, 11) is 0. The third kappa shape index (κ3) is 2.91. The maximum Gasteiger partial charge on any atom is 0.191 e. The van der Waals surface area contributed by atoms with Gasteiger partial charge in [-0.3, -0.25) is 9.89 Å². The summed E-state index contributed by atoms with van der Waals surface area (Å²) in [5.74, 6) is 0.705. The number of rotatable bonds is 3. The highest BCUT2D eigenvalue weighted by Gasteiger charge is 2.18. The van der Waals surface area contributed by atoms with Crippen molar-refractivity contribution in [3.63, 3.8) is 0 Å². The van der Waals surface area contributed by atoms with E-state index in [0.717, 1.165) is 50.7 Å². The van der Waals surface area contributed by atoms with Gasteiger partial charge < -0.3 is 10.6 Å². The van der Waals surface area contributed by atoms with Gasteiger partial charge in [0.15, 0.2) is 5.96 Å². The molecule has 20 heavy (non-hydrogen) atoms. The van der Waals surface area contributed by atoms with Gasteiger partial charge in [0.1, 0.15) is 0 Å². The van der Waals surface area contributed by atoms with Gasteiger partial charge in [0, 0.05) is 37.7 Å². The summed E-state index contributed by atoms with van der Waals surface area (Å²) in [5.41, 5.74) is 8.60. The van der Waals surface area contributed by atoms with Crippen molar-refractivity contribution >= 4 is 17.6 Å². The second-order valence-electron chi connectivity index (χ2n) is 5.48. The fourth-order valence-electron chi connectivity index (χ4n) is 2.76. The molecule has 1 aromatic rings. The predicted molar refractivity (Wildman–Crippen MR) is 83.1 cm³/mol. The largest absolute Gasteiger partial charge is 0.370 e. The highest BCUT2D eigenvalue weighted by molar-refractivity contribution is 6.31. The van der Waals surface area contributed by atoms with E-state index >= 15 is 0 Å². The molecule has 0 bridgehead atoms. The molecule has 0 radical (unpaired) electrons. The SMILES string of the molecule is NC(=NCCN1CCc2c(Cl)cccc2C1)N1CCC1. The second kappa shape index (κ2) is 6.02. The van der Waals surface area contributed by atoms with Crippen LogP contribution >= 0.6 is 11.6 Å². The average Bonchev–Trinajstić information content (AvgIpc) is 2.37. The number of hydrogen-bond donors (Lipinski definition) is 1. The number of nitrogens with zero attached hydrogens (tertiary/aromatic N) is 3. The van der Waals surface area contributed by atoms with Gasteiger partial charge in [0.2, 0.25) is 0 Å². The maximum absolute atomic E-state index is 6.23. The smallest absolute Gasteiger partial charge is 0.191 e. The summed E-state index contributed by atoms with van der Waals surface area (Å²) >= 11 is 6.23. The number of halogens is 1. The van der Waals surface area contributed by atoms with Crippen LogP contribution in [0.2, 0.25) is 5.02 Å². The highest BCUT2D eigenvalue weighted by atomic mass is 35.5. The fourth-order valence-corrected chi connectivity index (χ4v) is 3.05. The van der Waals surface area contributed by atoms with Crippen LogP contribution in [0.25, 0.3) is 0 Å². The molecule has 2 heterocycles. The molecule has 2 aliphatic rings.